The van der Waals surface area contributed by atoms with Gasteiger partial charge in [-0.3, -0.25) is 10.1 Å². The van der Waals surface area contributed by atoms with Gasteiger partial charge in [0.25, 0.3) is 5.69 Å². The fraction of sp³-hybridized carbons (Fsp3) is 0.143. The van der Waals surface area contributed by atoms with E-state index in [9.17, 15) is 14.5 Å². The number of nitrogens with two attached hydrogens (primary N) is 1. The van der Waals surface area contributed by atoms with Crippen LogP contribution in [0.4, 0.5) is 21.5 Å². The molecule has 6 heteroatoms. The second-order valence-electron chi connectivity index (χ2n) is 4.38. The Balaban J connectivity index is 1.99. The van der Waals surface area contributed by atoms with Crippen molar-refractivity contribution < 1.29 is 9.31 Å². The first-order valence-corrected chi connectivity index (χ1v) is 6.08. The van der Waals surface area contributed by atoms with Gasteiger partial charge in [-0.05, 0) is 30.2 Å². The molecule has 0 heterocycles. The van der Waals surface area contributed by atoms with Crippen LogP contribution in [0.15, 0.2) is 42.5 Å². The predicted molar refractivity (Wildman–Crippen MR) is 76.1 cm³/mol. The molecule has 0 spiro atoms. The van der Waals surface area contributed by atoms with Crippen LogP contribution < -0.4 is 11.1 Å². The number of halogens is 1. The lowest BCUT2D eigenvalue weighted by Crippen LogP contribution is -2.06. The number of nitrogens with one attached hydrogen (secondary N) is 1. The number of hydrogen-bond donors (Lipinski definition) is 2. The number of non-ortho nitro benzene ring substituents is 1. The molecule has 0 bridgehead atoms. The van der Waals surface area contributed by atoms with Crippen LogP contribution in [0.2, 0.25) is 0 Å². The molecule has 0 aliphatic rings. The molecule has 0 aliphatic carbocycles. The van der Waals surface area contributed by atoms with Crippen LogP contribution in [0, 0.1) is 15.9 Å². The molecule has 2 rings (SSSR count). The summed E-state index contributed by atoms with van der Waals surface area (Å²) in [6, 6.07) is 10.7. The zero-order valence-corrected chi connectivity index (χ0v) is 10.7. The fourth-order valence-corrected chi connectivity index (χ4v) is 1.89. The molecule has 5 nitrogen and oxygen atoms in total. The molecule has 0 unspecified atom stereocenters. The van der Waals surface area contributed by atoms with Gasteiger partial charge in [0.05, 0.1) is 4.92 Å². The normalized spacial score (nSPS) is 10.2. The molecule has 0 aromatic heterocycles. The lowest BCUT2D eigenvalue weighted by molar-refractivity contribution is -0.384. The van der Waals surface area contributed by atoms with Gasteiger partial charge < -0.3 is 11.1 Å². The predicted octanol–water partition coefficient (Wildman–Crippen LogP) is 2.97. The van der Waals surface area contributed by atoms with E-state index >= 15 is 0 Å². The van der Waals surface area contributed by atoms with Crippen molar-refractivity contribution in [2.75, 3.05) is 17.6 Å². The van der Waals surface area contributed by atoms with Crippen molar-refractivity contribution in [3.63, 3.8) is 0 Å². The number of benzene rings is 2. The van der Waals surface area contributed by atoms with Gasteiger partial charge in [0.15, 0.2) is 0 Å². The van der Waals surface area contributed by atoms with Crippen LogP contribution in [-0.2, 0) is 6.42 Å². The quantitative estimate of drug-likeness (QED) is 0.499. The Morgan fingerprint density at radius 3 is 2.75 bits per heavy atom. The molecule has 3 N–H and O–H groups in total. The van der Waals surface area contributed by atoms with Gasteiger partial charge in [-0.25, -0.2) is 4.39 Å². The molecule has 20 heavy (non-hydrogen) atoms. The zero-order chi connectivity index (χ0) is 14.5. The average molecular weight is 275 g/mol. The Bertz CT molecular complexity index is 632. The zero-order valence-electron chi connectivity index (χ0n) is 10.7. The SMILES string of the molecule is Nc1cc(NCCc2cccc(F)c2)cc([N+](=O)[O-])c1. The van der Waals surface area contributed by atoms with Gasteiger partial charge in [0.1, 0.15) is 5.82 Å². The third-order valence-electron chi connectivity index (χ3n) is 2.78. The van der Waals surface area contributed by atoms with E-state index < -0.39 is 4.92 Å². The molecule has 0 saturated carbocycles. The van der Waals surface area contributed by atoms with Crippen LogP contribution in [0.1, 0.15) is 5.56 Å². The van der Waals surface area contributed by atoms with E-state index in [0.29, 0.717) is 24.3 Å². The van der Waals surface area contributed by atoms with Gasteiger partial charge in [-0.15, -0.1) is 0 Å². The molecule has 104 valence electrons. The number of nitrogens with zero attached hydrogens (tertiary/aromatic N) is 1. The molecule has 0 saturated heterocycles. The first-order valence-electron chi connectivity index (χ1n) is 6.08. The summed E-state index contributed by atoms with van der Waals surface area (Å²) in [4.78, 5) is 10.2. The molecule has 2 aromatic carbocycles. The van der Waals surface area contributed by atoms with Gasteiger partial charge >= 0.3 is 0 Å². The van der Waals surface area contributed by atoms with E-state index in [2.05, 4.69) is 5.32 Å². The summed E-state index contributed by atoms with van der Waals surface area (Å²) in [7, 11) is 0. The lowest BCUT2D eigenvalue weighted by atomic mass is 10.1. The van der Waals surface area contributed by atoms with Crippen LogP contribution in [0.25, 0.3) is 0 Å². The van der Waals surface area contributed by atoms with Crippen molar-refractivity contribution in [2.45, 2.75) is 6.42 Å². The Morgan fingerprint density at radius 1 is 1.25 bits per heavy atom. The summed E-state index contributed by atoms with van der Waals surface area (Å²) < 4.78 is 13.0. The van der Waals surface area contributed by atoms with Gasteiger partial charge in [-0.2, -0.15) is 0 Å². The Labute approximate surface area is 115 Å². The second-order valence-corrected chi connectivity index (χ2v) is 4.38. The first kappa shape index (κ1) is 13.8. The smallest absolute Gasteiger partial charge is 0.273 e. The third kappa shape index (κ3) is 3.68. The summed E-state index contributed by atoms with van der Waals surface area (Å²) in [6.45, 7) is 0.532. The molecule has 0 radical (unpaired) electrons. The van der Waals surface area contributed by atoms with E-state index in [0.717, 1.165) is 5.56 Å². The molecule has 0 fully saturated rings. The number of rotatable bonds is 5. The topological polar surface area (TPSA) is 81.2 Å². The fourth-order valence-electron chi connectivity index (χ4n) is 1.89. The van der Waals surface area contributed by atoms with E-state index in [-0.39, 0.29) is 11.5 Å². The Kier molecular flexibility index (Phi) is 4.14. The molecule has 0 atom stereocenters. The first-order chi connectivity index (χ1) is 9.54. The summed E-state index contributed by atoms with van der Waals surface area (Å²) in [5.74, 6) is -0.276. The van der Waals surface area contributed by atoms with E-state index in [1.807, 2.05) is 6.07 Å². The third-order valence-corrected chi connectivity index (χ3v) is 2.78. The van der Waals surface area contributed by atoms with Gasteiger partial charge in [-0.1, -0.05) is 12.1 Å². The minimum atomic E-state index is -0.492. The summed E-state index contributed by atoms with van der Waals surface area (Å²) in [6.07, 6.45) is 0.611. The van der Waals surface area contributed by atoms with Crippen LogP contribution in [-0.4, -0.2) is 11.5 Å². The van der Waals surface area contributed by atoms with Gasteiger partial charge in [0.2, 0.25) is 0 Å². The van der Waals surface area contributed by atoms with E-state index in [1.165, 1.54) is 24.3 Å². The molecular formula is C14H14FN3O2. The highest BCUT2D eigenvalue weighted by Gasteiger charge is 2.08. The summed E-state index contributed by atoms with van der Waals surface area (Å²) >= 11 is 0. The second kappa shape index (κ2) is 6.01. The molecular weight excluding hydrogens is 261 g/mol. The highest BCUT2D eigenvalue weighted by Crippen LogP contribution is 2.22. The maximum absolute atomic E-state index is 13.0. The summed E-state index contributed by atoms with van der Waals surface area (Å²) in [5, 5.41) is 13.8. The van der Waals surface area contributed by atoms with Gasteiger partial charge in [0, 0.05) is 30.1 Å². The molecule has 0 aliphatic heterocycles. The minimum Gasteiger partial charge on any atom is -0.398 e. The van der Waals surface area contributed by atoms with Crippen molar-refractivity contribution in [3.05, 3.63) is 64.0 Å². The summed E-state index contributed by atoms with van der Waals surface area (Å²) in [5.41, 5.74) is 7.31. The van der Waals surface area contributed by atoms with Crippen LogP contribution in [0.3, 0.4) is 0 Å². The Morgan fingerprint density at radius 2 is 2.05 bits per heavy atom. The molecule has 2 aromatic rings. The number of nitrogen functional groups attached to an aromatic ring is 1. The number of hydrogen-bond acceptors (Lipinski definition) is 4. The highest BCUT2D eigenvalue weighted by atomic mass is 19.1. The number of nitro benzene ring substituents is 1. The monoisotopic (exact) mass is 275 g/mol. The highest BCUT2D eigenvalue weighted by molar-refractivity contribution is 5.61. The van der Waals surface area contributed by atoms with Crippen molar-refractivity contribution in [1.82, 2.24) is 0 Å². The standard InChI is InChI=1S/C14H14FN3O2/c15-11-3-1-2-10(6-11)4-5-17-13-7-12(16)8-14(9-13)18(19)20/h1-3,6-9,17H,4-5,16H2. The van der Waals surface area contributed by atoms with E-state index in [1.54, 1.807) is 12.1 Å². The number of nitro groups is 1. The van der Waals surface area contributed by atoms with Crippen LogP contribution in [0.5, 0.6) is 0 Å². The number of anilines is 2. The maximum atomic E-state index is 13.0. The van der Waals surface area contributed by atoms with Crippen molar-refractivity contribution in [3.8, 4) is 0 Å². The minimum absolute atomic E-state index is 0.0572. The molecule has 0 amide bonds. The Hall–Kier alpha value is -2.63. The largest absolute Gasteiger partial charge is 0.398 e. The van der Waals surface area contributed by atoms with Crippen molar-refractivity contribution >= 4 is 17.1 Å². The average Bonchev–Trinajstić information content (AvgIpc) is 2.38. The van der Waals surface area contributed by atoms with Crippen molar-refractivity contribution in [2.24, 2.45) is 0 Å². The lowest BCUT2D eigenvalue weighted by Gasteiger charge is -2.07. The maximum Gasteiger partial charge on any atom is 0.273 e. The van der Waals surface area contributed by atoms with Crippen molar-refractivity contribution in [1.29, 1.82) is 0 Å². The van der Waals surface area contributed by atoms with E-state index in [4.69, 9.17) is 5.73 Å². The van der Waals surface area contributed by atoms with Crippen LogP contribution >= 0.6 is 0 Å².